The van der Waals surface area contributed by atoms with Gasteiger partial charge in [-0.2, -0.15) is 0 Å². The second-order valence-corrected chi connectivity index (χ2v) is 11.1. The Morgan fingerprint density at radius 2 is 1.38 bits per heavy atom. The van der Waals surface area contributed by atoms with Crippen LogP contribution in [-0.2, 0) is 10.8 Å². The quantitative estimate of drug-likeness (QED) is 0.434. The zero-order valence-electron chi connectivity index (χ0n) is 14.5. The Bertz CT molecular complexity index is 855. The van der Waals surface area contributed by atoms with Gasteiger partial charge in [-0.25, -0.2) is 0 Å². The second kappa shape index (κ2) is 7.35. The van der Waals surface area contributed by atoms with Crippen molar-refractivity contribution in [2.24, 2.45) is 0 Å². The van der Waals surface area contributed by atoms with Gasteiger partial charge in [-0.05, 0) is 27.9 Å². The highest BCUT2D eigenvalue weighted by Gasteiger charge is 2.43. The van der Waals surface area contributed by atoms with E-state index in [1.54, 1.807) is 0 Å². The van der Waals surface area contributed by atoms with Gasteiger partial charge in [-0.15, -0.1) is 6.58 Å². The summed E-state index contributed by atoms with van der Waals surface area (Å²) in [5, 5.41) is 2.45. The molecule has 0 saturated heterocycles. The van der Waals surface area contributed by atoms with Crippen LogP contribution < -0.4 is 10.4 Å². The molecule has 0 amide bonds. The minimum atomic E-state index is -2.56. The third-order valence-corrected chi connectivity index (χ3v) is 9.50. The minimum Gasteiger partial charge on any atom is -0.396 e. The van der Waals surface area contributed by atoms with Gasteiger partial charge in [0.2, 0.25) is 0 Å². The smallest absolute Gasteiger partial charge is 0.281 e. The summed E-state index contributed by atoms with van der Waals surface area (Å²) in [6, 6.07) is 29.7. The van der Waals surface area contributed by atoms with Gasteiger partial charge in [0.05, 0.1) is 6.10 Å². The van der Waals surface area contributed by atoms with Crippen molar-refractivity contribution in [1.29, 1.82) is 0 Å². The maximum atomic E-state index is 7.03. The average Bonchev–Trinajstić information content (AvgIpc) is 3.02. The van der Waals surface area contributed by atoms with Crippen LogP contribution in [0.2, 0.25) is 0 Å². The third-order valence-electron chi connectivity index (χ3n) is 5.11. The van der Waals surface area contributed by atoms with Crippen molar-refractivity contribution in [3.8, 4) is 0 Å². The lowest BCUT2D eigenvalue weighted by Crippen LogP contribution is -2.60. The predicted octanol–water partition coefficient (Wildman–Crippen LogP) is 4.55. The number of rotatable bonds is 5. The molecule has 0 bridgehead atoms. The van der Waals surface area contributed by atoms with Crippen molar-refractivity contribution in [3.63, 3.8) is 0 Å². The number of alkyl halides is 1. The van der Waals surface area contributed by atoms with Gasteiger partial charge in [0, 0.05) is 4.83 Å². The van der Waals surface area contributed by atoms with Gasteiger partial charge in [-0.3, -0.25) is 0 Å². The molecule has 0 saturated carbocycles. The van der Waals surface area contributed by atoms with Crippen molar-refractivity contribution < 1.29 is 4.43 Å². The van der Waals surface area contributed by atoms with Crippen molar-refractivity contribution in [2.75, 3.05) is 0 Å². The molecule has 3 aromatic carbocycles. The third kappa shape index (κ3) is 3.00. The van der Waals surface area contributed by atoms with E-state index in [1.807, 2.05) is 0 Å². The van der Waals surface area contributed by atoms with Crippen LogP contribution in [0.3, 0.4) is 0 Å². The molecule has 0 aliphatic heterocycles. The summed E-state index contributed by atoms with van der Waals surface area (Å²) in [7, 11) is -2.56. The lowest BCUT2D eigenvalue weighted by molar-refractivity contribution is 0.216. The molecule has 26 heavy (non-hydrogen) atoms. The van der Waals surface area contributed by atoms with Gasteiger partial charge in [0.25, 0.3) is 8.32 Å². The molecule has 0 heterocycles. The lowest BCUT2D eigenvalue weighted by atomic mass is 10.1. The first-order valence-electron chi connectivity index (χ1n) is 8.89. The first kappa shape index (κ1) is 17.5. The van der Waals surface area contributed by atoms with E-state index < -0.39 is 8.32 Å². The van der Waals surface area contributed by atoms with Gasteiger partial charge in [-0.1, -0.05) is 107 Å². The molecule has 0 N–H and O–H groups in total. The zero-order chi connectivity index (χ0) is 18.0. The van der Waals surface area contributed by atoms with Crippen LogP contribution in [0, 0.1) is 0 Å². The van der Waals surface area contributed by atoms with Gasteiger partial charge in [0.15, 0.2) is 0 Å². The molecule has 130 valence electrons. The fourth-order valence-electron chi connectivity index (χ4n) is 3.81. The summed E-state index contributed by atoms with van der Waals surface area (Å²) in [6.07, 6.45) is 1.02. The van der Waals surface area contributed by atoms with E-state index in [1.165, 1.54) is 21.5 Å². The van der Waals surface area contributed by atoms with E-state index in [-0.39, 0.29) is 10.9 Å². The molecule has 3 heteroatoms. The molecule has 0 radical (unpaired) electrons. The number of hydrogen-bond donors (Lipinski definition) is 0. The standard InChI is InChI=1S/C23H21BrOSi/c1-2-26(19-12-5-3-6-13-19,20-14-7-4-8-15-20)25-23-21-16-10-9-11-18(21)17-22(23)24/h2-16,22-23H,1,17H2/t22-,23-/m0/s1. The average molecular weight is 421 g/mol. The molecule has 0 aromatic heterocycles. The van der Waals surface area contributed by atoms with E-state index in [0.717, 1.165) is 6.42 Å². The van der Waals surface area contributed by atoms with E-state index in [9.17, 15) is 0 Å². The Morgan fingerprint density at radius 1 is 0.846 bits per heavy atom. The van der Waals surface area contributed by atoms with Gasteiger partial charge >= 0.3 is 0 Å². The molecule has 2 atom stereocenters. The molecule has 1 nitrogen and oxygen atoms in total. The van der Waals surface area contributed by atoms with E-state index in [0.29, 0.717) is 0 Å². The summed E-state index contributed by atoms with van der Waals surface area (Å²) in [4.78, 5) is 0.277. The number of fused-ring (bicyclic) bond motifs is 1. The van der Waals surface area contributed by atoms with Crippen LogP contribution in [0.1, 0.15) is 17.2 Å². The summed E-state index contributed by atoms with van der Waals surface area (Å²) in [5.74, 6) is 0. The van der Waals surface area contributed by atoms with Crippen LogP contribution in [0.15, 0.2) is 97.2 Å². The van der Waals surface area contributed by atoms with Crippen LogP contribution in [0.25, 0.3) is 0 Å². The fraction of sp³-hybridized carbons (Fsp3) is 0.130. The Balaban J connectivity index is 1.83. The molecular formula is C23H21BrOSi. The van der Waals surface area contributed by atoms with E-state index in [2.05, 4.69) is 113 Å². The Morgan fingerprint density at radius 3 is 1.96 bits per heavy atom. The Kier molecular flexibility index (Phi) is 4.94. The van der Waals surface area contributed by atoms with Crippen LogP contribution in [0.5, 0.6) is 0 Å². The summed E-state index contributed by atoms with van der Waals surface area (Å²) < 4.78 is 7.03. The summed E-state index contributed by atoms with van der Waals surface area (Å²) >= 11 is 3.88. The Hall–Kier alpha value is -1.94. The van der Waals surface area contributed by atoms with Crippen molar-refractivity contribution >= 4 is 34.6 Å². The molecule has 0 fully saturated rings. The molecule has 1 aliphatic rings. The highest BCUT2D eigenvalue weighted by Crippen LogP contribution is 2.40. The summed E-state index contributed by atoms with van der Waals surface area (Å²) in [5.41, 5.74) is 4.73. The number of hydrogen-bond acceptors (Lipinski definition) is 1. The molecule has 4 rings (SSSR count). The second-order valence-electron chi connectivity index (χ2n) is 6.63. The normalized spacial score (nSPS) is 19.1. The van der Waals surface area contributed by atoms with Crippen molar-refractivity contribution in [2.45, 2.75) is 17.4 Å². The fourth-order valence-corrected chi connectivity index (χ4v) is 7.99. The van der Waals surface area contributed by atoms with Crippen molar-refractivity contribution in [3.05, 3.63) is 108 Å². The minimum absolute atomic E-state index is 0.0243. The number of benzene rings is 3. The van der Waals surface area contributed by atoms with Crippen LogP contribution in [-0.4, -0.2) is 13.1 Å². The SMILES string of the molecule is C=C[Si](O[C@H]1c2ccccc2C[C@@H]1Br)(c1ccccc1)c1ccccc1. The largest absolute Gasteiger partial charge is 0.396 e. The first-order valence-corrected chi connectivity index (χ1v) is 11.8. The maximum absolute atomic E-state index is 7.03. The highest BCUT2D eigenvalue weighted by atomic mass is 79.9. The highest BCUT2D eigenvalue weighted by molar-refractivity contribution is 9.09. The molecule has 3 aromatic rings. The van der Waals surface area contributed by atoms with Crippen LogP contribution >= 0.6 is 15.9 Å². The first-order chi connectivity index (χ1) is 12.7. The van der Waals surface area contributed by atoms with Gasteiger partial charge < -0.3 is 4.43 Å². The van der Waals surface area contributed by atoms with Crippen molar-refractivity contribution in [1.82, 2.24) is 0 Å². The van der Waals surface area contributed by atoms with Crippen LogP contribution in [0.4, 0.5) is 0 Å². The van der Waals surface area contributed by atoms with Gasteiger partial charge in [0.1, 0.15) is 0 Å². The van der Waals surface area contributed by atoms with E-state index in [4.69, 9.17) is 4.43 Å². The Labute approximate surface area is 164 Å². The van der Waals surface area contributed by atoms with E-state index >= 15 is 0 Å². The molecular weight excluding hydrogens is 400 g/mol. The lowest BCUT2D eigenvalue weighted by Gasteiger charge is -2.34. The number of halogens is 1. The zero-order valence-corrected chi connectivity index (χ0v) is 17.1. The monoisotopic (exact) mass is 420 g/mol. The molecule has 1 aliphatic carbocycles. The summed E-state index contributed by atoms with van der Waals surface area (Å²) in [6.45, 7) is 4.23. The maximum Gasteiger partial charge on any atom is 0.281 e. The predicted molar refractivity (Wildman–Crippen MR) is 115 cm³/mol. The topological polar surface area (TPSA) is 9.23 Å². The molecule has 0 unspecified atom stereocenters. The molecule has 0 spiro atoms.